The molecule has 0 saturated carbocycles. The van der Waals surface area contributed by atoms with Crippen LogP contribution in [0.15, 0.2) is 41.2 Å². The fraction of sp³-hybridized carbons (Fsp3) is 0.188. The molecule has 22 heavy (non-hydrogen) atoms. The molecule has 1 aromatic heterocycles. The highest BCUT2D eigenvalue weighted by Gasteiger charge is 2.11. The Balaban J connectivity index is 2.59. The number of hydrogen-bond donors (Lipinski definition) is 1. The quantitative estimate of drug-likeness (QED) is 0.855. The third kappa shape index (κ3) is 3.32. The predicted octanol–water partition coefficient (Wildman–Crippen LogP) is 2.07. The highest BCUT2D eigenvalue weighted by molar-refractivity contribution is 7.80. The molecule has 0 fully saturated rings. The number of nitrogens with two attached hydrogens (primary N) is 1. The molecular formula is C16H15N3O2S. The molecule has 0 unspecified atom stereocenters. The second-order valence-corrected chi connectivity index (χ2v) is 5.17. The van der Waals surface area contributed by atoms with Gasteiger partial charge in [0.25, 0.3) is 5.56 Å². The van der Waals surface area contributed by atoms with Crippen molar-refractivity contribution < 1.29 is 4.74 Å². The van der Waals surface area contributed by atoms with E-state index in [0.29, 0.717) is 29.4 Å². The van der Waals surface area contributed by atoms with Crippen LogP contribution in [-0.4, -0.2) is 16.7 Å². The second-order valence-electron chi connectivity index (χ2n) is 4.65. The summed E-state index contributed by atoms with van der Waals surface area (Å²) in [5, 5.41) is 9.03. The molecule has 1 heterocycles. The minimum absolute atomic E-state index is 0.0922. The van der Waals surface area contributed by atoms with Crippen LogP contribution < -0.4 is 16.0 Å². The number of benzene rings is 1. The van der Waals surface area contributed by atoms with Crippen LogP contribution in [0.2, 0.25) is 0 Å². The van der Waals surface area contributed by atoms with Gasteiger partial charge in [-0.3, -0.25) is 4.79 Å². The van der Waals surface area contributed by atoms with Gasteiger partial charge in [-0.05, 0) is 24.3 Å². The van der Waals surface area contributed by atoms with Gasteiger partial charge in [-0.2, -0.15) is 5.26 Å². The Morgan fingerprint density at radius 1 is 1.41 bits per heavy atom. The summed E-state index contributed by atoms with van der Waals surface area (Å²) in [5.41, 5.74) is 6.79. The van der Waals surface area contributed by atoms with Crippen LogP contribution in [0, 0.1) is 11.3 Å². The Labute approximate surface area is 133 Å². The molecule has 0 bridgehead atoms. The number of aromatic nitrogens is 1. The number of pyridine rings is 1. The number of nitrogens with zero attached hydrogens (tertiary/aromatic N) is 2. The van der Waals surface area contributed by atoms with Crippen LogP contribution in [0.3, 0.4) is 0 Å². The van der Waals surface area contributed by atoms with Gasteiger partial charge in [0.1, 0.15) is 17.4 Å². The van der Waals surface area contributed by atoms with E-state index >= 15 is 0 Å². The summed E-state index contributed by atoms with van der Waals surface area (Å²) >= 11 is 4.88. The summed E-state index contributed by atoms with van der Waals surface area (Å²) in [7, 11) is 1.58. The molecule has 6 heteroatoms. The summed E-state index contributed by atoms with van der Waals surface area (Å²) in [6, 6.07) is 12.5. The summed E-state index contributed by atoms with van der Waals surface area (Å²) in [4.78, 5) is 12.7. The number of ether oxygens (including phenoxy) is 1. The van der Waals surface area contributed by atoms with E-state index in [9.17, 15) is 4.79 Å². The van der Waals surface area contributed by atoms with Crippen molar-refractivity contribution in [3.63, 3.8) is 0 Å². The minimum Gasteiger partial charge on any atom is -0.497 e. The normalized spacial score (nSPS) is 10.0. The Kier molecular flexibility index (Phi) is 4.92. The van der Waals surface area contributed by atoms with E-state index in [1.165, 1.54) is 10.6 Å². The van der Waals surface area contributed by atoms with Crippen molar-refractivity contribution in [1.82, 2.24) is 4.57 Å². The zero-order valence-electron chi connectivity index (χ0n) is 12.1. The van der Waals surface area contributed by atoms with Crippen molar-refractivity contribution in [3.8, 4) is 23.1 Å². The number of hydrogen-bond acceptors (Lipinski definition) is 4. The lowest BCUT2D eigenvalue weighted by molar-refractivity contribution is 0.415. The zero-order chi connectivity index (χ0) is 16.1. The van der Waals surface area contributed by atoms with E-state index in [-0.39, 0.29) is 11.1 Å². The lowest BCUT2D eigenvalue weighted by Gasteiger charge is -2.14. The first-order valence-corrected chi connectivity index (χ1v) is 7.04. The van der Waals surface area contributed by atoms with Crippen molar-refractivity contribution >= 4 is 17.2 Å². The van der Waals surface area contributed by atoms with Crippen LogP contribution in [0.1, 0.15) is 12.0 Å². The molecule has 2 rings (SSSR count). The van der Waals surface area contributed by atoms with Gasteiger partial charge in [0, 0.05) is 18.5 Å². The highest BCUT2D eigenvalue weighted by Crippen LogP contribution is 2.23. The average molecular weight is 313 g/mol. The molecule has 1 aromatic carbocycles. The molecule has 2 N–H and O–H groups in total. The number of methoxy groups -OCH3 is 1. The van der Waals surface area contributed by atoms with Crippen LogP contribution in [-0.2, 0) is 6.54 Å². The molecule has 112 valence electrons. The Bertz CT molecular complexity index is 806. The van der Waals surface area contributed by atoms with E-state index in [0.717, 1.165) is 5.56 Å². The van der Waals surface area contributed by atoms with Gasteiger partial charge in [0.2, 0.25) is 0 Å². The first-order valence-electron chi connectivity index (χ1n) is 6.63. The lowest BCUT2D eigenvalue weighted by atomic mass is 10.1. The molecule has 5 nitrogen and oxygen atoms in total. The van der Waals surface area contributed by atoms with Crippen molar-refractivity contribution in [2.24, 2.45) is 5.73 Å². The maximum Gasteiger partial charge on any atom is 0.268 e. The van der Waals surface area contributed by atoms with Gasteiger partial charge in [-0.15, -0.1) is 0 Å². The van der Waals surface area contributed by atoms with E-state index in [1.54, 1.807) is 13.2 Å². The Hall–Kier alpha value is -2.65. The number of nitriles is 1. The minimum atomic E-state index is -0.348. The molecule has 0 amide bonds. The molecule has 0 radical (unpaired) electrons. The summed E-state index contributed by atoms with van der Waals surface area (Å²) < 4.78 is 6.73. The van der Waals surface area contributed by atoms with Crippen LogP contribution >= 0.6 is 12.2 Å². The first-order chi connectivity index (χ1) is 10.6. The Morgan fingerprint density at radius 2 is 2.18 bits per heavy atom. The predicted molar refractivity (Wildman–Crippen MR) is 88.8 cm³/mol. The fourth-order valence-electron chi connectivity index (χ4n) is 2.14. The smallest absolute Gasteiger partial charge is 0.268 e. The van der Waals surface area contributed by atoms with E-state index in [2.05, 4.69) is 0 Å². The molecule has 0 saturated heterocycles. The van der Waals surface area contributed by atoms with Crippen LogP contribution in [0.5, 0.6) is 5.75 Å². The fourth-order valence-corrected chi connectivity index (χ4v) is 2.23. The standard InChI is InChI=1S/C16H15N3O2S/c1-21-13-4-2-3-11(9-13)14-6-5-12(10-17)16(20)19(14)8-7-15(18)22/h2-6,9H,7-8H2,1H3,(H2,18,22). The van der Waals surface area contributed by atoms with Crippen LogP contribution in [0.25, 0.3) is 11.3 Å². The molecule has 0 aliphatic carbocycles. The van der Waals surface area contributed by atoms with Crippen molar-refractivity contribution in [2.45, 2.75) is 13.0 Å². The van der Waals surface area contributed by atoms with Crippen molar-refractivity contribution in [1.29, 1.82) is 5.26 Å². The van der Waals surface area contributed by atoms with Gasteiger partial charge in [-0.1, -0.05) is 24.4 Å². The largest absolute Gasteiger partial charge is 0.497 e. The molecule has 0 atom stereocenters. The van der Waals surface area contributed by atoms with Crippen molar-refractivity contribution in [3.05, 3.63) is 52.3 Å². The van der Waals surface area contributed by atoms with E-state index < -0.39 is 0 Å². The SMILES string of the molecule is COc1cccc(-c2ccc(C#N)c(=O)n2CCC(N)=S)c1. The third-order valence-electron chi connectivity index (χ3n) is 3.24. The maximum atomic E-state index is 12.4. The molecule has 2 aromatic rings. The maximum absolute atomic E-state index is 12.4. The molecular weight excluding hydrogens is 298 g/mol. The number of thiocarbonyl (C=S) groups is 1. The molecule has 0 aliphatic heterocycles. The first kappa shape index (κ1) is 15.7. The topological polar surface area (TPSA) is 81.0 Å². The average Bonchev–Trinajstić information content (AvgIpc) is 2.53. The van der Waals surface area contributed by atoms with Crippen LogP contribution in [0.4, 0.5) is 0 Å². The summed E-state index contributed by atoms with van der Waals surface area (Å²) in [6.07, 6.45) is 0.390. The second kappa shape index (κ2) is 6.87. The number of rotatable bonds is 5. The van der Waals surface area contributed by atoms with Gasteiger partial charge < -0.3 is 15.0 Å². The monoisotopic (exact) mass is 313 g/mol. The molecule has 0 aliphatic rings. The third-order valence-corrected chi connectivity index (χ3v) is 3.45. The highest BCUT2D eigenvalue weighted by atomic mass is 32.1. The van der Waals surface area contributed by atoms with Gasteiger partial charge in [0.15, 0.2) is 0 Å². The zero-order valence-corrected chi connectivity index (χ0v) is 12.9. The summed E-state index contributed by atoms with van der Waals surface area (Å²) in [5.74, 6) is 0.690. The lowest BCUT2D eigenvalue weighted by Crippen LogP contribution is -2.26. The van der Waals surface area contributed by atoms with Gasteiger partial charge in [0.05, 0.1) is 17.8 Å². The Morgan fingerprint density at radius 3 is 2.82 bits per heavy atom. The summed E-state index contributed by atoms with van der Waals surface area (Å²) in [6.45, 7) is 0.330. The molecule has 0 spiro atoms. The van der Waals surface area contributed by atoms with Gasteiger partial charge in [-0.25, -0.2) is 0 Å². The van der Waals surface area contributed by atoms with Crippen molar-refractivity contribution in [2.75, 3.05) is 7.11 Å². The van der Waals surface area contributed by atoms with E-state index in [1.807, 2.05) is 30.3 Å². The van der Waals surface area contributed by atoms with E-state index in [4.69, 9.17) is 28.0 Å². The van der Waals surface area contributed by atoms with Gasteiger partial charge >= 0.3 is 0 Å².